The van der Waals surface area contributed by atoms with E-state index < -0.39 is 16.0 Å². The summed E-state index contributed by atoms with van der Waals surface area (Å²) in [6.07, 6.45) is 4.17. The van der Waals surface area contributed by atoms with Gasteiger partial charge in [0, 0.05) is 12.6 Å². The van der Waals surface area contributed by atoms with Crippen LogP contribution in [0.4, 0.5) is 0 Å². The molecule has 0 saturated carbocycles. The molecule has 0 spiro atoms. The first-order chi connectivity index (χ1) is 9.36. The Morgan fingerprint density at radius 2 is 2.10 bits per heavy atom. The molecule has 0 aliphatic heterocycles. The van der Waals surface area contributed by atoms with Crippen molar-refractivity contribution in [2.24, 2.45) is 0 Å². The lowest BCUT2D eigenvalue weighted by Gasteiger charge is -2.08. The molecule has 2 N–H and O–H groups in total. The van der Waals surface area contributed by atoms with Crippen molar-refractivity contribution < 1.29 is 18.3 Å². The molecule has 20 heavy (non-hydrogen) atoms. The predicted octanol–water partition coefficient (Wildman–Crippen LogP) is 2.17. The van der Waals surface area contributed by atoms with Crippen LogP contribution in [0.3, 0.4) is 0 Å². The summed E-state index contributed by atoms with van der Waals surface area (Å²) in [6.45, 7) is 4.15. The number of nitrogens with one attached hydrogen (secondary N) is 1. The van der Waals surface area contributed by atoms with Gasteiger partial charge in [0.25, 0.3) is 0 Å². The Kier molecular flexibility index (Phi) is 5.91. The van der Waals surface area contributed by atoms with Gasteiger partial charge in [-0.1, -0.05) is 19.4 Å². The van der Waals surface area contributed by atoms with E-state index in [9.17, 15) is 13.2 Å². The summed E-state index contributed by atoms with van der Waals surface area (Å²) < 4.78 is 26.6. The van der Waals surface area contributed by atoms with Crippen molar-refractivity contribution >= 4 is 22.1 Å². The number of aryl methyl sites for hydroxylation is 1. The third-order valence-corrected chi connectivity index (χ3v) is 4.24. The van der Waals surface area contributed by atoms with E-state index in [1.807, 2.05) is 6.92 Å². The molecule has 0 unspecified atom stereocenters. The van der Waals surface area contributed by atoms with Crippen LogP contribution in [0.5, 0.6) is 0 Å². The third-order valence-electron chi connectivity index (χ3n) is 2.78. The Bertz CT molecular complexity index is 606. The second-order valence-electron chi connectivity index (χ2n) is 4.44. The van der Waals surface area contributed by atoms with E-state index in [0.29, 0.717) is 17.7 Å². The van der Waals surface area contributed by atoms with Crippen molar-refractivity contribution in [1.82, 2.24) is 4.72 Å². The van der Waals surface area contributed by atoms with Gasteiger partial charge < -0.3 is 5.11 Å². The van der Waals surface area contributed by atoms with Gasteiger partial charge in [0.2, 0.25) is 10.0 Å². The van der Waals surface area contributed by atoms with E-state index in [4.69, 9.17) is 5.11 Å². The van der Waals surface area contributed by atoms with Gasteiger partial charge in [-0.3, -0.25) is 0 Å². The van der Waals surface area contributed by atoms with Crippen LogP contribution in [0.15, 0.2) is 29.2 Å². The molecule has 110 valence electrons. The molecule has 0 bridgehead atoms. The van der Waals surface area contributed by atoms with Gasteiger partial charge in [-0.15, -0.1) is 0 Å². The summed E-state index contributed by atoms with van der Waals surface area (Å²) in [5.74, 6) is -1.04. The second kappa shape index (κ2) is 7.21. The first-order valence-electron chi connectivity index (χ1n) is 6.38. The zero-order valence-electron chi connectivity index (χ0n) is 11.6. The smallest absolute Gasteiger partial charge is 0.328 e. The lowest BCUT2D eigenvalue weighted by Crippen LogP contribution is -2.24. The van der Waals surface area contributed by atoms with Crippen molar-refractivity contribution in [3.8, 4) is 0 Å². The monoisotopic (exact) mass is 297 g/mol. The normalized spacial score (nSPS) is 11.9. The van der Waals surface area contributed by atoms with E-state index in [0.717, 1.165) is 18.9 Å². The molecule has 0 aromatic heterocycles. The number of hydrogen-bond donors (Lipinski definition) is 2. The Morgan fingerprint density at radius 3 is 2.65 bits per heavy atom. The van der Waals surface area contributed by atoms with Gasteiger partial charge in [-0.2, -0.15) is 0 Å². The van der Waals surface area contributed by atoms with Crippen molar-refractivity contribution in [2.75, 3.05) is 6.54 Å². The molecule has 0 amide bonds. The van der Waals surface area contributed by atoms with Crippen LogP contribution >= 0.6 is 0 Å². The molecular weight excluding hydrogens is 278 g/mol. The fourth-order valence-corrected chi connectivity index (χ4v) is 2.79. The van der Waals surface area contributed by atoms with Crippen LogP contribution in [-0.4, -0.2) is 26.0 Å². The minimum atomic E-state index is -3.49. The summed E-state index contributed by atoms with van der Waals surface area (Å²) in [5.41, 5.74) is 1.39. The second-order valence-corrected chi connectivity index (χ2v) is 6.21. The van der Waals surface area contributed by atoms with Crippen LogP contribution in [0.1, 0.15) is 30.9 Å². The van der Waals surface area contributed by atoms with Crippen LogP contribution < -0.4 is 4.72 Å². The number of unbranched alkanes of at least 4 members (excludes halogenated alkanes) is 1. The molecule has 0 heterocycles. The average molecular weight is 297 g/mol. The molecule has 1 aromatic carbocycles. The maximum atomic E-state index is 12.0. The topological polar surface area (TPSA) is 83.5 Å². The molecule has 1 rings (SSSR count). The lowest BCUT2D eigenvalue weighted by molar-refractivity contribution is -0.131. The maximum Gasteiger partial charge on any atom is 0.328 e. The number of benzene rings is 1. The number of carboxylic acid groups (broad SMARTS) is 1. The van der Waals surface area contributed by atoms with E-state index in [1.165, 1.54) is 18.2 Å². The van der Waals surface area contributed by atoms with Crippen LogP contribution in [0.2, 0.25) is 0 Å². The van der Waals surface area contributed by atoms with E-state index in [2.05, 4.69) is 4.72 Å². The highest BCUT2D eigenvalue weighted by Gasteiger charge is 2.13. The summed E-state index contributed by atoms with van der Waals surface area (Å²) in [6, 6.07) is 4.61. The largest absolute Gasteiger partial charge is 0.478 e. The Morgan fingerprint density at radius 1 is 1.40 bits per heavy atom. The zero-order chi connectivity index (χ0) is 15.2. The summed E-state index contributed by atoms with van der Waals surface area (Å²) in [4.78, 5) is 10.7. The molecule has 0 aliphatic carbocycles. The van der Waals surface area contributed by atoms with Gasteiger partial charge in [-0.05, 0) is 42.7 Å². The van der Waals surface area contributed by atoms with Gasteiger partial charge in [-0.25, -0.2) is 17.9 Å². The number of carbonyl (C=O) groups is 1. The first-order valence-corrected chi connectivity index (χ1v) is 7.86. The zero-order valence-corrected chi connectivity index (χ0v) is 12.4. The van der Waals surface area contributed by atoms with Gasteiger partial charge >= 0.3 is 5.97 Å². The minimum absolute atomic E-state index is 0.193. The van der Waals surface area contributed by atoms with Crippen molar-refractivity contribution in [3.63, 3.8) is 0 Å². The number of sulfonamides is 1. The van der Waals surface area contributed by atoms with Gasteiger partial charge in [0.05, 0.1) is 4.90 Å². The van der Waals surface area contributed by atoms with Crippen molar-refractivity contribution in [2.45, 2.75) is 31.6 Å². The SMILES string of the molecule is CCCCNS(=O)(=O)c1ccc(C=CC(=O)O)c(C)c1. The lowest BCUT2D eigenvalue weighted by atomic mass is 10.1. The van der Waals surface area contributed by atoms with Crippen LogP contribution in [0.25, 0.3) is 6.08 Å². The van der Waals surface area contributed by atoms with Gasteiger partial charge in [0.1, 0.15) is 0 Å². The molecule has 0 aliphatic rings. The van der Waals surface area contributed by atoms with Crippen molar-refractivity contribution in [1.29, 1.82) is 0 Å². The minimum Gasteiger partial charge on any atom is -0.478 e. The number of rotatable bonds is 7. The van der Waals surface area contributed by atoms with Gasteiger partial charge in [0.15, 0.2) is 0 Å². The fourth-order valence-electron chi connectivity index (χ4n) is 1.63. The molecule has 0 saturated heterocycles. The van der Waals surface area contributed by atoms with Crippen LogP contribution in [-0.2, 0) is 14.8 Å². The van der Waals surface area contributed by atoms with Crippen molar-refractivity contribution in [3.05, 3.63) is 35.4 Å². The molecule has 0 radical (unpaired) electrons. The fraction of sp³-hybridized carbons (Fsp3) is 0.357. The molecule has 6 heteroatoms. The highest BCUT2D eigenvalue weighted by atomic mass is 32.2. The number of carboxylic acids is 1. The first kappa shape index (κ1) is 16.4. The highest BCUT2D eigenvalue weighted by Crippen LogP contribution is 2.16. The Hall–Kier alpha value is -1.66. The Labute approximate surface area is 119 Å². The maximum absolute atomic E-state index is 12.0. The standard InChI is InChI=1S/C14H19NO4S/c1-3-4-9-15-20(18,19)13-7-5-12(11(2)10-13)6-8-14(16)17/h5-8,10,15H,3-4,9H2,1-2H3,(H,16,17). The molecule has 0 atom stereocenters. The average Bonchev–Trinajstić information content (AvgIpc) is 2.37. The molecule has 1 aromatic rings. The Balaban J connectivity index is 2.94. The molecule has 0 fully saturated rings. The molecular formula is C14H19NO4S. The van der Waals surface area contributed by atoms with Crippen LogP contribution in [0, 0.1) is 6.92 Å². The quantitative estimate of drug-likeness (QED) is 0.597. The summed E-state index contributed by atoms with van der Waals surface area (Å²) >= 11 is 0. The van der Waals surface area contributed by atoms with E-state index in [1.54, 1.807) is 13.0 Å². The van der Waals surface area contributed by atoms with E-state index >= 15 is 0 Å². The summed E-state index contributed by atoms with van der Waals surface area (Å²) in [5, 5.41) is 8.58. The predicted molar refractivity (Wildman–Crippen MR) is 77.9 cm³/mol. The van der Waals surface area contributed by atoms with E-state index in [-0.39, 0.29) is 4.90 Å². The number of aliphatic carboxylic acids is 1. The molecule has 5 nitrogen and oxygen atoms in total. The third kappa shape index (κ3) is 4.79. The highest BCUT2D eigenvalue weighted by molar-refractivity contribution is 7.89. The summed E-state index contributed by atoms with van der Waals surface area (Å²) in [7, 11) is -3.49. The number of hydrogen-bond acceptors (Lipinski definition) is 3.